The lowest BCUT2D eigenvalue weighted by molar-refractivity contribution is -0.117. The summed E-state index contributed by atoms with van der Waals surface area (Å²) in [5.41, 5.74) is 3.68. The highest BCUT2D eigenvalue weighted by molar-refractivity contribution is 7.92. The third kappa shape index (κ3) is 5.44. The minimum Gasteiger partial charge on any atom is -0.324 e. The molecule has 1 N–H and O–H groups in total. The molecular weight excluding hydrogens is 474 g/mol. The molecule has 0 spiro atoms. The number of hydrogen-bond donors (Lipinski definition) is 1. The van der Waals surface area contributed by atoms with Gasteiger partial charge in [0.2, 0.25) is 11.8 Å². The van der Waals surface area contributed by atoms with Crippen molar-refractivity contribution in [2.75, 3.05) is 27.6 Å². The maximum absolute atomic E-state index is 13.6. The molecule has 0 aliphatic carbocycles. The number of benzene rings is 3. The number of carbonyl (C=O) groups excluding carboxylic acids is 2. The Morgan fingerprint density at radius 3 is 2.33 bits per heavy atom. The van der Waals surface area contributed by atoms with Gasteiger partial charge in [0.1, 0.15) is 6.54 Å². The fourth-order valence-corrected chi connectivity index (χ4v) is 5.71. The molecule has 1 fully saturated rings. The van der Waals surface area contributed by atoms with E-state index >= 15 is 0 Å². The Morgan fingerprint density at radius 2 is 1.72 bits per heavy atom. The zero-order valence-electron chi connectivity index (χ0n) is 20.8. The molecule has 3 aromatic rings. The molecule has 1 saturated heterocycles. The molecule has 0 radical (unpaired) electrons. The molecule has 1 aliphatic heterocycles. The van der Waals surface area contributed by atoms with Crippen molar-refractivity contribution in [2.24, 2.45) is 0 Å². The summed E-state index contributed by atoms with van der Waals surface area (Å²) in [6.45, 7) is 6.29. The molecule has 0 unspecified atom stereocenters. The standard InChI is InChI=1S/C28H31N3O4S/c1-20(2)22-12-15-24(16-13-22)31(36(34,35)25-8-5-4-6-9-25)19-27(32)29-23-14-11-21(3)26(18-23)30-17-7-10-28(30)33/h4-6,8-9,11-16,18,20H,7,10,17,19H2,1-3H3,(H,29,32). The predicted molar refractivity (Wildman–Crippen MR) is 143 cm³/mol. The molecule has 4 rings (SSSR count). The number of rotatable bonds is 8. The van der Waals surface area contributed by atoms with Gasteiger partial charge in [0.05, 0.1) is 10.6 Å². The second-order valence-electron chi connectivity index (χ2n) is 9.27. The predicted octanol–water partition coefficient (Wildman–Crippen LogP) is 5.08. The lowest BCUT2D eigenvalue weighted by atomic mass is 10.0. The van der Waals surface area contributed by atoms with Crippen LogP contribution >= 0.6 is 0 Å². The van der Waals surface area contributed by atoms with Crippen LogP contribution in [0.25, 0.3) is 0 Å². The molecule has 8 heteroatoms. The van der Waals surface area contributed by atoms with E-state index in [1.165, 1.54) is 12.1 Å². The second kappa shape index (κ2) is 10.5. The third-order valence-electron chi connectivity index (χ3n) is 6.32. The first-order chi connectivity index (χ1) is 17.2. The number of nitrogens with one attached hydrogen (secondary N) is 1. The van der Waals surface area contributed by atoms with Crippen molar-refractivity contribution in [3.8, 4) is 0 Å². The van der Waals surface area contributed by atoms with E-state index in [0.717, 1.165) is 27.5 Å². The summed E-state index contributed by atoms with van der Waals surface area (Å²) in [6.07, 6.45) is 1.31. The Balaban J connectivity index is 1.61. The smallest absolute Gasteiger partial charge is 0.264 e. The molecule has 0 saturated carbocycles. The first-order valence-corrected chi connectivity index (χ1v) is 13.5. The Kier molecular flexibility index (Phi) is 7.45. The molecule has 3 aromatic carbocycles. The minimum absolute atomic E-state index is 0.0616. The normalized spacial score (nSPS) is 13.8. The van der Waals surface area contributed by atoms with Gasteiger partial charge in [0.25, 0.3) is 10.0 Å². The number of sulfonamides is 1. The van der Waals surface area contributed by atoms with Gasteiger partial charge in [-0.15, -0.1) is 0 Å². The Hall–Kier alpha value is -3.65. The Morgan fingerprint density at radius 1 is 1.03 bits per heavy atom. The molecule has 2 amide bonds. The van der Waals surface area contributed by atoms with Gasteiger partial charge in [-0.3, -0.25) is 13.9 Å². The molecule has 0 bridgehead atoms. The van der Waals surface area contributed by atoms with Crippen LogP contribution in [0, 0.1) is 6.92 Å². The van der Waals surface area contributed by atoms with Gasteiger partial charge in [-0.05, 0) is 66.8 Å². The first-order valence-electron chi connectivity index (χ1n) is 12.1. The summed E-state index contributed by atoms with van der Waals surface area (Å²) in [5.74, 6) is -0.128. The summed E-state index contributed by atoms with van der Waals surface area (Å²) in [4.78, 5) is 27.2. The summed E-state index contributed by atoms with van der Waals surface area (Å²) < 4.78 is 28.2. The van der Waals surface area contributed by atoms with Crippen LogP contribution in [0.5, 0.6) is 0 Å². The van der Waals surface area contributed by atoms with Gasteiger partial charge in [-0.2, -0.15) is 0 Å². The fourth-order valence-electron chi connectivity index (χ4n) is 4.27. The maximum atomic E-state index is 13.6. The van der Waals surface area contributed by atoms with Crippen molar-refractivity contribution in [1.29, 1.82) is 0 Å². The molecule has 0 aromatic heterocycles. The molecule has 1 aliphatic rings. The molecular formula is C28H31N3O4S. The van der Waals surface area contributed by atoms with Gasteiger partial charge in [-0.1, -0.05) is 50.2 Å². The van der Waals surface area contributed by atoms with E-state index < -0.39 is 22.5 Å². The van der Waals surface area contributed by atoms with Crippen LogP contribution in [-0.2, 0) is 19.6 Å². The lowest BCUT2D eigenvalue weighted by Crippen LogP contribution is -2.38. The van der Waals surface area contributed by atoms with E-state index in [9.17, 15) is 18.0 Å². The number of aryl methyl sites for hydroxylation is 1. The highest BCUT2D eigenvalue weighted by Crippen LogP contribution is 2.29. The summed E-state index contributed by atoms with van der Waals surface area (Å²) >= 11 is 0. The average molecular weight is 506 g/mol. The zero-order chi connectivity index (χ0) is 25.9. The van der Waals surface area contributed by atoms with Crippen molar-refractivity contribution in [3.05, 3.63) is 83.9 Å². The van der Waals surface area contributed by atoms with Gasteiger partial charge in [0.15, 0.2) is 0 Å². The minimum atomic E-state index is -3.99. The van der Waals surface area contributed by atoms with Gasteiger partial charge in [-0.25, -0.2) is 8.42 Å². The van der Waals surface area contributed by atoms with E-state index in [4.69, 9.17) is 0 Å². The van der Waals surface area contributed by atoms with Crippen LogP contribution < -0.4 is 14.5 Å². The number of hydrogen-bond acceptors (Lipinski definition) is 4. The summed E-state index contributed by atoms with van der Waals surface area (Å²) in [5, 5.41) is 2.82. The van der Waals surface area contributed by atoms with Crippen molar-refractivity contribution in [2.45, 2.75) is 44.4 Å². The maximum Gasteiger partial charge on any atom is 0.264 e. The van der Waals surface area contributed by atoms with E-state index in [1.54, 1.807) is 47.4 Å². The third-order valence-corrected chi connectivity index (χ3v) is 8.11. The van der Waals surface area contributed by atoms with Crippen LogP contribution in [0.3, 0.4) is 0 Å². The highest BCUT2D eigenvalue weighted by atomic mass is 32.2. The molecule has 36 heavy (non-hydrogen) atoms. The van der Waals surface area contributed by atoms with Crippen LogP contribution in [0.4, 0.5) is 17.1 Å². The Labute approximate surface area is 212 Å². The van der Waals surface area contributed by atoms with Crippen molar-refractivity contribution in [3.63, 3.8) is 0 Å². The first kappa shape index (κ1) is 25.4. The Bertz CT molecular complexity index is 1350. The highest BCUT2D eigenvalue weighted by Gasteiger charge is 2.28. The SMILES string of the molecule is Cc1ccc(NC(=O)CN(c2ccc(C(C)C)cc2)S(=O)(=O)c2ccccc2)cc1N1CCCC1=O. The summed E-state index contributed by atoms with van der Waals surface area (Å²) in [7, 11) is -3.99. The average Bonchev–Trinajstić information content (AvgIpc) is 3.29. The van der Waals surface area contributed by atoms with Gasteiger partial charge < -0.3 is 10.2 Å². The number of carbonyl (C=O) groups is 2. The van der Waals surface area contributed by atoms with Crippen LogP contribution in [0.15, 0.2) is 77.7 Å². The largest absolute Gasteiger partial charge is 0.324 e. The van der Waals surface area contributed by atoms with Crippen molar-refractivity contribution >= 4 is 38.9 Å². The fraction of sp³-hybridized carbons (Fsp3) is 0.286. The van der Waals surface area contributed by atoms with E-state index in [1.807, 2.05) is 25.1 Å². The summed E-state index contributed by atoms with van der Waals surface area (Å²) in [6, 6.07) is 20.7. The molecule has 1 heterocycles. The van der Waals surface area contributed by atoms with Crippen LogP contribution in [0.1, 0.15) is 43.7 Å². The lowest BCUT2D eigenvalue weighted by Gasteiger charge is -2.25. The van der Waals surface area contributed by atoms with E-state index in [-0.39, 0.29) is 10.8 Å². The molecule has 0 atom stereocenters. The molecule has 188 valence electrons. The number of anilines is 3. The molecule has 7 nitrogen and oxygen atoms in total. The van der Waals surface area contributed by atoms with E-state index in [2.05, 4.69) is 19.2 Å². The van der Waals surface area contributed by atoms with E-state index in [0.29, 0.717) is 30.3 Å². The number of amides is 2. The van der Waals surface area contributed by atoms with Crippen LogP contribution in [0.2, 0.25) is 0 Å². The van der Waals surface area contributed by atoms with Gasteiger partial charge in [0, 0.05) is 24.3 Å². The van der Waals surface area contributed by atoms with Crippen molar-refractivity contribution < 1.29 is 18.0 Å². The second-order valence-corrected chi connectivity index (χ2v) is 11.1. The topological polar surface area (TPSA) is 86.8 Å². The zero-order valence-corrected chi connectivity index (χ0v) is 21.6. The monoisotopic (exact) mass is 505 g/mol. The van der Waals surface area contributed by atoms with Gasteiger partial charge >= 0.3 is 0 Å². The number of nitrogens with zero attached hydrogens (tertiary/aromatic N) is 2. The van der Waals surface area contributed by atoms with Crippen LogP contribution in [-0.4, -0.2) is 33.3 Å². The van der Waals surface area contributed by atoms with Crippen molar-refractivity contribution in [1.82, 2.24) is 0 Å². The quantitative estimate of drug-likeness (QED) is 0.463.